The molecule has 19 aromatic carbocycles. The molecular weight excluding hydrogens is 1570 g/mol. The molecule has 0 aliphatic rings. The zero-order valence-corrected chi connectivity index (χ0v) is 71.2. The number of nitrogens with zero attached hydrogens (tertiary/aromatic N) is 7. The number of aryl methyl sites for hydroxylation is 3. The van der Waals surface area contributed by atoms with Gasteiger partial charge in [-0.2, -0.15) is 0 Å². The maximum absolute atomic E-state index is 6.20. The number of rotatable bonds is 13. The zero-order chi connectivity index (χ0) is 86.0. The molecular formula is C120H83N7O2. The van der Waals surface area contributed by atoms with Gasteiger partial charge >= 0.3 is 0 Å². The molecule has 610 valence electrons. The number of hydrogen-bond donors (Lipinski definition) is 0. The number of oxazole rings is 2. The van der Waals surface area contributed by atoms with Crippen molar-refractivity contribution in [1.82, 2.24) is 33.2 Å². The SMILES string of the molecule is Cc1ccc(-n2c3ccc(-c4ccccc4)cc3c3cc(-c4ccc(-c5nc6ccccc6n5-c5ccccc5)cc4)ccc32)cc1.Cc1ccc(-n2c3ccc(-c4ccccc4)cc3c3cc(-c4cccc(-c5nc6ccccc6o5)c4)ccc32)cc1.Cc1ccc(-n2c3ccc(-c4ccccc4)cc3c3cc(-c4ccccc4-c4nc5ccccc5o4)ccc32)cc1. The van der Waals surface area contributed by atoms with Gasteiger partial charge in [0.1, 0.15) is 16.9 Å². The number of benzene rings is 19. The van der Waals surface area contributed by atoms with Crippen molar-refractivity contribution in [2.24, 2.45) is 0 Å². The molecule has 0 aliphatic carbocycles. The summed E-state index contributed by atoms with van der Waals surface area (Å²) in [6.45, 7) is 6.39. The van der Waals surface area contributed by atoms with Crippen LogP contribution in [0.4, 0.5) is 0 Å². The fourth-order valence-electron chi connectivity index (χ4n) is 18.5. The summed E-state index contributed by atoms with van der Waals surface area (Å²) in [4.78, 5) is 14.6. The Morgan fingerprint density at radius 3 is 0.907 bits per heavy atom. The fourth-order valence-corrected chi connectivity index (χ4v) is 18.5. The summed E-state index contributed by atoms with van der Waals surface area (Å²) in [5.41, 5.74) is 38.1. The summed E-state index contributed by atoms with van der Waals surface area (Å²) < 4.78 is 21.7. The van der Waals surface area contributed by atoms with Crippen LogP contribution >= 0.6 is 0 Å². The first kappa shape index (κ1) is 76.8. The Bertz CT molecular complexity index is 8470. The fraction of sp³-hybridized carbons (Fsp3) is 0.0250. The number of aromatic nitrogens is 7. The summed E-state index contributed by atoms with van der Waals surface area (Å²) in [5.74, 6) is 2.21. The van der Waals surface area contributed by atoms with Crippen LogP contribution in [0.1, 0.15) is 16.7 Å². The summed E-state index contributed by atoms with van der Waals surface area (Å²) >= 11 is 0. The van der Waals surface area contributed by atoms with Crippen LogP contribution in [0.2, 0.25) is 0 Å². The average Bonchev–Trinajstić information content (AvgIpc) is 1.50. The lowest BCUT2D eigenvalue weighted by Crippen LogP contribution is -1.97. The Morgan fingerprint density at radius 2 is 0.473 bits per heavy atom. The minimum Gasteiger partial charge on any atom is -0.436 e. The van der Waals surface area contributed by atoms with E-state index in [4.69, 9.17) is 23.8 Å². The van der Waals surface area contributed by atoms with Crippen molar-refractivity contribution in [2.75, 3.05) is 0 Å². The molecule has 0 unspecified atom stereocenters. The molecule has 6 aromatic heterocycles. The summed E-state index contributed by atoms with van der Waals surface area (Å²) in [5, 5.41) is 7.39. The van der Waals surface area contributed by atoms with Crippen LogP contribution in [-0.4, -0.2) is 33.2 Å². The van der Waals surface area contributed by atoms with Gasteiger partial charge in [0, 0.05) is 71.8 Å². The second-order valence-corrected chi connectivity index (χ2v) is 33.3. The Balaban J connectivity index is 0.000000111. The van der Waals surface area contributed by atoms with Crippen molar-refractivity contribution in [3.05, 3.63) is 466 Å². The molecule has 0 saturated carbocycles. The molecule has 25 rings (SSSR count). The molecule has 0 amide bonds. The van der Waals surface area contributed by atoms with Gasteiger partial charge in [-0.15, -0.1) is 0 Å². The van der Waals surface area contributed by atoms with E-state index >= 15 is 0 Å². The Kier molecular flexibility index (Phi) is 19.4. The van der Waals surface area contributed by atoms with E-state index < -0.39 is 0 Å². The molecule has 25 aromatic rings. The van der Waals surface area contributed by atoms with Gasteiger partial charge in [-0.25, -0.2) is 15.0 Å². The normalized spacial score (nSPS) is 11.5. The van der Waals surface area contributed by atoms with Gasteiger partial charge < -0.3 is 22.5 Å². The van der Waals surface area contributed by atoms with E-state index in [0.29, 0.717) is 11.8 Å². The van der Waals surface area contributed by atoms with E-state index in [9.17, 15) is 0 Å². The topological polar surface area (TPSA) is 84.7 Å². The lowest BCUT2D eigenvalue weighted by molar-refractivity contribution is 0.619. The highest BCUT2D eigenvalue weighted by molar-refractivity contribution is 6.15. The lowest BCUT2D eigenvalue weighted by Gasteiger charge is -2.11. The van der Waals surface area contributed by atoms with Crippen molar-refractivity contribution in [2.45, 2.75) is 20.8 Å². The zero-order valence-electron chi connectivity index (χ0n) is 71.2. The highest BCUT2D eigenvalue weighted by Crippen LogP contribution is 2.45. The third-order valence-corrected chi connectivity index (χ3v) is 25.0. The van der Waals surface area contributed by atoms with E-state index in [2.05, 4.69) is 427 Å². The van der Waals surface area contributed by atoms with E-state index in [0.717, 1.165) is 95.1 Å². The molecule has 0 atom stereocenters. The number of para-hydroxylation sites is 7. The molecule has 0 saturated heterocycles. The molecule has 0 aliphatic heterocycles. The Morgan fingerprint density at radius 1 is 0.178 bits per heavy atom. The molecule has 0 fully saturated rings. The largest absolute Gasteiger partial charge is 0.436 e. The first-order valence-electron chi connectivity index (χ1n) is 43.8. The number of fused-ring (bicyclic) bond motifs is 12. The van der Waals surface area contributed by atoms with Crippen molar-refractivity contribution in [3.8, 4) is 124 Å². The minimum atomic E-state index is 0.635. The third kappa shape index (κ3) is 14.4. The molecule has 6 heterocycles. The van der Waals surface area contributed by atoms with Crippen LogP contribution in [0.3, 0.4) is 0 Å². The second-order valence-electron chi connectivity index (χ2n) is 33.3. The first-order chi connectivity index (χ1) is 63.6. The van der Waals surface area contributed by atoms with Crippen LogP contribution in [0.5, 0.6) is 0 Å². The lowest BCUT2D eigenvalue weighted by atomic mass is 9.97. The maximum Gasteiger partial charge on any atom is 0.227 e. The predicted molar refractivity (Wildman–Crippen MR) is 535 cm³/mol. The smallest absolute Gasteiger partial charge is 0.227 e. The quantitative estimate of drug-likeness (QED) is 0.115. The number of imidazole rings is 1. The average molecular weight is 1660 g/mol. The van der Waals surface area contributed by atoms with E-state index in [1.807, 2.05) is 60.7 Å². The highest BCUT2D eigenvalue weighted by atomic mass is 16.4. The monoisotopic (exact) mass is 1650 g/mol. The molecule has 9 nitrogen and oxygen atoms in total. The van der Waals surface area contributed by atoms with Crippen LogP contribution in [0.15, 0.2) is 458 Å². The first-order valence-corrected chi connectivity index (χ1v) is 43.8. The molecule has 9 heteroatoms. The predicted octanol–water partition coefficient (Wildman–Crippen LogP) is 31.9. The molecule has 0 bridgehead atoms. The van der Waals surface area contributed by atoms with E-state index in [1.54, 1.807) is 0 Å². The van der Waals surface area contributed by atoms with E-state index in [1.165, 1.54) is 132 Å². The van der Waals surface area contributed by atoms with E-state index in [-0.39, 0.29) is 0 Å². The Labute approximate surface area is 745 Å². The maximum atomic E-state index is 6.20. The van der Waals surface area contributed by atoms with Crippen molar-refractivity contribution in [1.29, 1.82) is 0 Å². The van der Waals surface area contributed by atoms with Crippen LogP contribution in [0.25, 0.3) is 222 Å². The molecule has 0 radical (unpaired) electrons. The Hall–Kier alpha value is -17.0. The van der Waals surface area contributed by atoms with Crippen LogP contribution in [-0.2, 0) is 0 Å². The summed E-state index contributed by atoms with van der Waals surface area (Å²) in [6, 6.07) is 159. The van der Waals surface area contributed by atoms with Gasteiger partial charge in [-0.1, -0.05) is 290 Å². The van der Waals surface area contributed by atoms with Crippen molar-refractivity contribution in [3.63, 3.8) is 0 Å². The molecule has 0 spiro atoms. The van der Waals surface area contributed by atoms with Crippen molar-refractivity contribution >= 4 is 98.7 Å². The summed E-state index contributed by atoms with van der Waals surface area (Å²) in [7, 11) is 0. The van der Waals surface area contributed by atoms with Gasteiger partial charge in [0.05, 0.1) is 44.1 Å². The van der Waals surface area contributed by atoms with Crippen LogP contribution < -0.4 is 0 Å². The van der Waals surface area contributed by atoms with Crippen molar-refractivity contribution < 1.29 is 8.83 Å². The summed E-state index contributed by atoms with van der Waals surface area (Å²) in [6.07, 6.45) is 0. The van der Waals surface area contributed by atoms with Crippen LogP contribution in [0, 0.1) is 20.8 Å². The molecule has 129 heavy (non-hydrogen) atoms. The number of hydrogen-bond acceptors (Lipinski definition) is 5. The minimum absolute atomic E-state index is 0.635. The second kappa shape index (κ2) is 32.6. The van der Waals surface area contributed by atoms with Gasteiger partial charge in [-0.05, 0) is 263 Å². The van der Waals surface area contributed by atoms with Gasteiger partial charge in [0.2, 0.25) is 11.8 Å². The highest BCUT2D eigenvalue weighted by Gasteiger charge is 2.23. The molecule has 0 N–H and O–H groups in total. The van der Waals surface area contributed by atoms with Gasteiger partial charge in [-0.3, -0.25) is 4.57 Å². The van der Waals surface area contributed by atoms with Gasteiger partial charge in [0.25, 0.3) is 0 Å². The van der Waals surface area contributed by atoms with Gasteiger partial charge in [0.15, 0.2) is 11.2 Å². The standard InChI is InChI=1S/C44H31N3.2C38H26N2O/c1-30-16-24-37(25-17-30)46-41-26-22-34(31-10-4-2-5-11-31)28-38(41)39-29-35(23-27-42(39)46)32-18-20-33(21-19-32)44-45-40-14-8-9-15-43(40)47(44)36-12-6-3-7-13-36;1-25-15-19-29(20-16-25)40-35-21-17-27(26-9-3-2-4-10-26)23-32(35)33-24-28(18-22-36(33)40)30-11-5-6-12-31(30)38-39-34-13-7-8-14-37(34)41-38;1-25-14-18-31(19-15-25)40-35-20-16-28(26-8-3-2-4-9-26)23-32(35)33-24-29(17-21-36(33)40)27-10-7-11-30(22-27)38-39-34-12-5-6-13-37(34)41-38/h2-29H,1H3;2*2-24H,1H3. The third-order valence-electron chi connectivity index (χ3n) is 25.0.